The van der Waals surface area contributed by atoms with Gasteiger partial charge in [0.15, 0.2) is 0 Å². The molecular weight excluding hydrogens is 442 g/mol. The molecule has 0 spiro atoms. The third kappa shape index (κ3) is 6.09. The number of hydrogen-bond donors (Lipinski definition) is 1. The molecule has 1 N–H and O–H groups in total. The molecule has 1 heterocycles. The molecule has 0 radical (unpaired) electrons. The molecule has 1 aromatic heterocycles. The number of nitrogens with zero attached hydrogens (tertiary/aromatic N) is 1. The van der Waals surface area contributed by atoms with Crippen molar-refractivity contribution in [1.29, 1.82) is 0 Å². The van der Waals surface area contributed by atoms with Crippen LogP contribution in [0.2, 0.25) is 0 Å². The van der Waals surface area contributed by atoms with E-state index >= 15 is 0 Å². The molecule has 0 saturated heterocycles. The highest BCUT2D eigenvalue weighted by Crippen LogP contribution is 2.25. The summed E-state index contributed by atoms with van der Waals surface area (Å²) in [5.41, 5.74) is 3.22. The molecule has 0 saturated carbocycles. The van der Waals surface area contributed by atoms with E-state index in [4.69, 9.17) is 14.6 Å². The molecule has 0 unspecified atom stereocenters. The predicted octanol–water partition coefficient (Wildman–Crippen LogP) is 6.10. The number of carboxylic acid groups (broad SMARTS) is 1. The Balaban J connectivity index is 1.52. The number of benzene rings is 3. The zero-order valence-corrected chi connectivity index (χ0v) is 19.9. The fourth-order valence-electron chi connectivity index (χ4n) is 4.06. The number of fused-ring (bicyclic) bond motifs is 1. The lowest BCUT2D eigenvalue weighted by molar-refractivity contribution is -0.137. The van der Waals surface area contributed by atoms with E-state index in [1.807, 2.05) is 86.8 Å². The molecule has 0 aliphatic carbocycles. The van der Waals surface area contributed by atoms with E-state index in [2.05, 4.69) is 0 Å². The van der Waals surface area contributed by atoms with E-state index in [-0.39, 0.29) is 18.4 Å². The number of aliphatic carboxylic acids is 1. The Morgan fingerprint density at radius 2 is 1.71 bits per heavy atom. The van der Waals surface area contributed by atoms with Crippen LogP contribution in [0.4, 0.5) is 0 Å². The third-order valence-electron chi connectivity index (χ3n) is 5.61. The van der Waals surface area contributed by atoms with Crippen LogP contribution in [0.3, 0.4) is 0 Å². The Labute approximate surface area is 204 Å². The standard InChI is InChI=1S/C29H29NO5/c1-20(2)35-25-12-7-11-24(17-25)34-19-21-8-5-9-22(16-21)29(33)30-18-23(10-6-15-28(31)32)26-13-3-4-14-27(26)30/h3-5,7-9,11-14,16-18,20H,6,10,15,19H2,1-2H3,(H,31,32). The SMILES string of the molecule is CC(C)Oc1cccc(OCc2cccc(C(=O)n3cc(CCCC(=O)O)c4ccccc43)c2)c1. The monoisotopic (exact) mass is 471 g/mol. The van der Waals surface area contributed by atoms with Crippen LogP contribution in [0.5, 0.6) is 11.5 Å². The summed E-state index contributed by atoms with van der Waals surface area (Å²) in [7, 11) is 0. The van der Waals surface area contributed by atoms with Gasteiger partial charge in [-0.2, -0.15) is 0 Å². The number of carbonyl (C=O) groups excluding carboxylic acids is 1. The minimum Gasteiger partial charge on any atom is -0.491 e. The molecule has 180 valence electrons. The Morgan fingerprint density at radius 1 is 0.943 bits per heavy atom. The average Bonchev–Trinajstić information content (AvgIpc) is 3.21. The summed E-state index contributed by atoms with van der Waals surface area (Å²) in [6.07, 6.45) is 3.13. The summed E-state index contributed by atoms with van der Waals surface area (Å²) in [6, 6.07) is 22.6. The zero-order chi connectivity index (χ0) is 24.8. The maximum atomic E-state index is 13.4. The van der Waals surface area contributed by atoms with Crippen molar-refractivity contribution in [2.75, 3.05) is 0 Å². The Bertz CT molecular complexity index is 1340. The largest absolute Gasteiger partial charge is 0.491 e. The van der Waals surface area contributed by atoms with E-state index in [1.54, 1.807) is 10.6 Å². The first kappa shape index (κ1) is 24.1. The van der Waals surface area contributed by atoms with Gasteiger partial charge in [-0.1, -0.05) is 36.4 Å². The van der Waals surface area contributed by atoms with Gasteiger partial charge in [0, 0.05) is 29.6 Å². The van der Waals surface area contributed by atoms with Crippen LogP contribution < -0.4 is 9.47 Å². The van der Waals surface area contributed by atoms with Crippen molar-refractivity contribution in [1.82, 2.24) is 4.57 Å². The molecule has 3 aromatic carbocycles. The van der Waals surface area contributed by atoms with Crippen molar-refractivity contribution in [3.8, 4) is 11.5 Å². The van der Waals surface area contributed by atoms with E-state index in [0.717, 1.165) is 27.8 Å². The second kappa shape index (κ2) is 10.9. The van der Waals surface area contributed by atoms with E-state index in [0.29, 0.717) is 30.8 Å². The smallest absolute Gasteiger partial charge is 0.303 e. The number of rotatable bonds is 10. The molecule has 0 amide bonds. The van der Waals surface area contributed by atoms with Crippen molar-refractivity contribution >= 4 is 22.8 Å². The van der Waals surface area contributed by atoms with Gasteiger partial charge in [-0.25, -0.2) is 0 Å². The molecule has 0 aliphatic heterocycles. The van der Waals surface area contributed by atoms with Crippen LogP contribution in [-0.4, -0.2) is 27.7 Å². The molecule has 4 rings (SSSR count). The van der Waals surface area contributed by atoms with Gasteiger partial charge < -0.3 is 14.6 Å². The molecule has 6 heteroatoms. The number of para-hydroxylation sites is 1. The van der Waals surface area contributed by atoms with Gasteiger partial charge >= 0.3 is 5.97 Å². The molecule has 35 heavy (non-hydrogen) atoms. The summed E-state index contributed by atoms with van der Waals surface area (Å²) >= 11 is 0. The zero-order valence-electron chi connectivity index (χ0n) is 19.9. The first-order valence-corrected chi connectivity index (χ1v) is 11.7. The van der Waals surface area contributed by atoms with Crippen LogP contribution in [-0.2, 0) is 17.8 Å². The molecule has 0 aliphatic rings. The summed E-state index contributed by atoms with van der Waals surface area (Å²) in [6.45, 7) is 4.27. The average molecular weight is 472 g/mol. The van der Waals surface area contributed by atoms with Crippen LogP contribution in [0.25, 0.3) is 10.9 Å². The van der Waals surface area contributed by atoms with Crippen molar-refractivity contribution in [2.24, 2.45) is 0 Å². The van der Waals surface area contributed by atoms with Crippen LogP contribution in [0, 0.1) is 0 Å². The van der Waals surface area contributed by atoms with Gasteiger partial charge in [0.1, 0.15) is 18.1 Å². The van der Waals surface area contributed by atoms with Gasteiger partial charge in [-0.15, -0.1) is 0 Å². The van der Waals surface area contributed by atoms with Gasteiger partial charge in [-0.3, -0.25) is 14.2 Å². The molecule has 0 fully saturated rings. The highest BCUT2D eigenvalue weighted by molar-refractivity contribution is 6.03. The lowest BCUT2D eigenvalue weighted by Gasteiger charge is -2.12. The first-order chi connectivity index (χ1) is 16.9. The fourth-order valence-corrected chi connectivity index (χ4v) is 4.06. The maximum Gasteiger partial charge on any atom is 0.303 e. The highest BCUT2D eigenvalue weighted by atomic mass is 16.5. The van der Waals surface area contributed by atoms with Crippen LogP contribution in [0.1, 0.15) is 48.2 Å². The van der Waals surface area contributed by atoms with Crippen molar-refractivity contribution in [3.63, 3.8) is 0 Å². The van der Waals surface area contributed by atoms with E-state index in [1.165, 1.54) is 0 Å². The minimum absolute atomic E-state index is 0.0791. The number of carbonyl (C=O) groups is 2. The summed E-state index contributed by atoms with van der Waals surface area (Å²) < 4.78 is 13.3. The van der Waals surface area contributed by atoms with E-state index < -0.39 is 5.97 Å². The fraction of sp³-hybridized carbons (Fsp3) is 0.241. The summed E-state index contributed by atoms with van der Waals surface area (Å²) in [4.78, 5) is 24.4. The second-order valence-corrected chi connectivity index (χ2v) is 8.72. The molecule has 0 bridgehead atoms. The second-order valence-electron chi connectivity index (χ2n) is 8.72. The number of aromatic nitrogens is 1. The van der Waals surface area contributed by atoms with Crippen molar-refractivity contribution in [3.05, 3.63) is 95.7 Å². The van der Waals surface area contributed by atoms with Gasteiger partial charge in [0.2, 0.25) is 0 Å². The number of ether oxygens (including phenoxy) is 2. The maximum absolute atomic E-state index is 13.4. The lowest BCUT2D eigenvalue weighted by Crippen LogP contribution is -2.11. The Kier molecular flexibility index (Phi) is 7.51. The van der Waals surface area contributed by atoms with Crippen LogP contribution in [0.15, 0.2) is 79.0 Å². The normalized spacial score (nSPS) is 11.1. The predicted molar refractivity (Wildman–Crippen MR) is 135 cm³/mol. The summed E-state index contributed by atoms with van der Waals surface area (Å²) in [5.74, 6) is 0.491. The highest BCUT2D eigenvalue weighted by Gasteiger charge is 2.16. The lowest BCUT2D eigenvalue weighted by atomic mass is 10.1. The van der Waals surface area contributed by atoms with Crippen molar-refractivity contribution in [2.45, 2.75) is 45.8 Å². The Hall–Kier alpha value is -4.06. The molecule has 6 nitrogen and oxygen atoms in total. The van der Waals surface area contributed by atoms with Gasteiger partial charge in [0.05, 0.1) is 11.6 Å². The topological polar surface area (TPSA) is 77.8 Å². The first-order valence-electron chi connectivity index (χ1n) is 11.7. The molecular formula is C29H29NO5. The van der Waals surface area contributed by atoms with Gasteiger partial charge in [0.25, 0.3) is 5.91 Å². The van der Waals surface area contributed by atoms with Gasteiger partial charge in [-0.05, 0) is 68.1 Å². The quantitative estimate of drug-likeness (QED) is 0.302. The Morgan fingerprint density at radius 3 is 2.51 bits per heavy atom. The third-order valence-corrected chi connectivity index (χ3v) is 5.61. The van der Waals surface area contributed by atoms with E-state index in [9.17, 15) is 9.59 Å². The molecule has 4 aromatic rings. The molecule has 0 atom stereocenters. The minimum atomic E-state index is -0.817. The van der Waals surface area contributed by atoms with Crippen molar-refractivity contribution < 1.29 is 24.2 Å². The summed E-state index contributed by atoms with van der Waals surface area (Å²) in [5, 5.41) is 9.93. The number of aryl methyl sites for hydroxylation is 1. The van der Waals surface area contributed by atoms with Crippen LogP contribution >= 0.6 is 0 Å². The number of carboxylic acids is 1. The number of hydrogen-bond acceptors (Lipinski definition) is 4.